The number of hydrogen-bond acceptors (Lipinski definition) is 38. The van der Waals surface area contributed by atoms with Crippen molar-refractivity contribution in [2.45, 2.75) is 356 Å². The fourth-order valence-corrected chi connectivity index (χ4v) is 12.7. The third-order valence-electron chi connectivity index (χ3n) is 17.7. The minimum Gasteiger partial charge on any atom is -0.451 e. The van der Waals surface area contributed by atoms with Gasteiger partial charge >= 0.3 is 0 Å². The monoisotopic (exact) mass is 2100 g/mol. The van der Waals surface area contributed by atoms with Crippen molar-refractivity contribution in [3.63, 3.8) is 0 Å². The zero-order valence-corrected chi connectivity index (χ0v) is 96.0. The van der Waals surface area contributed by atoms with Gasteiger partial charge in [-0.2, -0.15) is 43.5 Å². The smallest absolute Gasteiger partial charge is 0.228 e. The van der Waals surface area contributed by atoms with Crippen molar-refractivity contribution in [1.29, 1.82) is 0 Å². The Morgan fingerprint density at radius 2 is 1.05 bits per heavy atom. The van der Waals surface area contributed by atoms with Gasteiger partial charge in [0, 0.05) is 148 Å². The molecule has 4 N–H and O–H groups in total. The molecule has 18 aromatic rings. The summed E-state index contributed by atoms with van der Waals surface area (Å²) in [7, 11) is 0. The highest BCUT2D eigenvalue weighted by molar-refractivity contribution is 7.09. The molecule has 0 bridgehead atoms. The summed E-state index contributed by atoms with van der Waals surface area (Å²) in [5.41, 5.74) is 12.2. The Kier molecular flexibility index (Phi) is 70.5. The minimum atomic E-state index is 0.345. The lowest BCUT2D eigenvalue weighted by Crippen LogP contribution is -1.99. The van der Waals surface area contributed by atoms with Crippen molar-refractivity contribution in [1.82, 2.24) is 159 Å². The minimum absolute atomic E-state index is 0.345. The van der Waals surface area contributed by atoms with Gasteiger partial charge in [0.25, 0.3) is 0 Å². The van der Waals surface area contributed by atoms with Crippen molar-refractivity contribution >= 4 is 68.6 Å². The highest BCUT2D eigenvalue weighted by Crippen LogP contribution is 2.21. The average molecular weight is 2100 g/mol. The third-order valence-corrected chi connectivity index (χ3v) is 22.4. The van der Waals surface area contributed by atoms with Gasteiger partial charge in [0.1, 0.15) is 82.6 Å². The molecule has 18 heterocycles. The second kappa shape index (κ2) is 78.2. The summed E-state index contributed by atoms with van der Waals surface area (Å²) in [6.45, 7) is 75.2. The quantitative estimate of drug-likeness (QED) is 0.0620. The van der Waals surface area contributed by atoms with Gasteiger partial charge in [0.2, 0.25) is 24.6 Å². The van der Waals surface area contributed by atoms with Crippen LogP contribution in [0.15, 0.2) is 209 Å². The molecule has 0 spiro atoms. The van der Waals surface area contributed by atoms with Crippen LogP contribution in [0, 0.1) is 0 Å². The zero-order valence-electron chi connectivity index (χ0n) is 91.1. The Hall–Kier alpha value is -12.3. The lowest BCUT2D eigenvalue weighted by molar-refractivity contribution is 0.364. The first-order valence-corrected chi connectivity index (χ1v) is 53.2. The molecule has 0 aliphatic carbocycles. The Morgan fingerprint density at radius 1 is 0.375 bits per heavy atom. The maximum atomic E-state index is 4.98. The van der Waals surface area contributed by atoms with Crippen LogP contribution in [-0.2, 0) is 0 Å². The number of oxazole rings is 2. The molecular formula is C100H160N32O6S6. The first kappa shape index (κ1) is 130. The summed E-state index contributed by atoms with van der Waals surface area (Å²) in [6.07, 6.45) is 33.0. The summed E-state index contributed by atoms with van der Waals surface area (Å²) in [5.74, 6) is 13.8. The molecule has 0 saturated heterocycles. The molecule has 0 saturated carbocycles. The molecule has 0 atom stereocenters. The van der Waals surface area contributed by atoms with Gasteiger partial charge in [-0.25, -0.2) is 49.8 Å². The number of nitrogens with one attached hydrogen (secondary N) is 4. The van der Waals surface area contributed by atoms with E-state index in [-0.39, 0.29) is 0 Å². The van der Waals surface area contributed by atoms with Crippen LogP contribution in [0.3, 0.4) is 0 Å². The van der Waals surface area contributed by atoms with E-state index in [0.717, 1.165) is 50.6 Å². The van der Waals surface area contributed by atoms with Crippen molar-refractivity contribution in [2.75, 3.05) is 0 Å². The molecule has 18 aromatic heterocycles. The normalized spacial score (nSPS) is 10.4. The Balaban J connectivity index is 0.000000762. The number of aromatic amines is 4. The van der Waals surface area contributed by atoms with Crippen molar-refractivity contribution < 1.29 is 26.8 Å². The summed E-state index contributed by atoms with van der Waals surface area (Å²) in [6, 6.07) is 8.78. The number of imidazole rings is 2. The van der Waals surface area contributed by atoms with E-state index >= 15 is 0 Å². The van der Waals surface area contributed by atoms with Crippen molar-refractivity contribution in [2.24, 2.45) is 0 Å². The van der Waals surface area contributed by atoms with Crippen LogP contribution in [-0.4, -0.2) is 159 Å². The lowest BCUT2D eigenvalue weighted by Gasteiger charge is -2.01. The fourth-order valence-electron chi connectivity index (χ4n) is 9.02. The van der Waals surface area contributed by atoms with Gasteiger partial charge in [0.15, 0.2) is 24.4 Å². The van der Waals surface area contributed by atoms with E-state index in [1.54, 1.807) is 119 Å². The van der Waals surface area contributed by atoms with Crippen LogP contribution in [0.25, 0.3) is 0 Å². The van der Waals surface area contributed by atoms with Crippen LogP contribution in [0.2, 0.25) is 0 Å². The number of hydrogen-bond donors (Lipinski definition) is 4. The van der Waals surface area contributed by atoms with Crippen LogP contribution < -0.4 is 0 Å². The first-order chi connectivity index (χ1) is 68.5. The first-order valence-electron chi connectivity index (χ1n) is 48.1. The number of rotatable bonds is 18. The Morgan fingerprint density at radius 3 is 1.30 bits per heavy atom. The predicted molar refractivity (Wildman–Crippen MR) is 579 cm³/mol. The molecule has 0 aliphatic heterocycles. The molecular weight excluding hydrogens is 1940 g/mol. The van der Waals surface area contributed by atoms with Gasteiger partial charge in [-0.15, -0.1) is 54.4 Å². The SMILES string of the molecule is CC(C)c1ccn[nH]1.CC(C)c1ccon1.CC(C)c1ccsn1.CC(C)c1cnc[nH]1.CC(C)c1cocn1.CC(C)c1cscn1.CC(C)c1ncc[nH]1.CC(C)c1ncco1.CC(C)c1nccs1.CC(C)c1ncn[nH]1.CC(C)c1ncno1.CC(C)c1ncns1.CC(C)c1ncon1.CC(C)c1ncsn1.CC(C)c1nnco1.CC(C)c1nncs1.CC(C)n1cccn1.CC(C)n1cncn1. The van der Waals surface area contributed by atoms with Crippen LogP contribution in [0.5, 0.6) is 0 Å². The summed E-state index contributed by atoms with van der Waals surface area (Å²) >= 11 is 9.38. The fraction of sp³-hybridized carbons (Fsp3) is 0.540. The third kappa shape index (κ3) is 62.3. The second-order valence-corrected chi connectivity index (χ2v) is 41.1. The molecule has 144 heavy (non-hydrogen) atoms. The number of nitrogens with zero attached hydrogens (tertiary/aromatic N) is 28. The van der Waals surface area contributed by atoms with E-state index in [2.05, 4.69) is 364 Å². The van der Waals surface area contributed by atoms with Crippen molar-refractivity contribution in [3.8, 4) is 0 Å². The van der Waals surface area contributed by atoms with Crippen LogP contribution >= 0.6 is 68.6 Å². The van der Waals surface area contributed by atoms with E-state index in [9.17, 15) is 0 Å². The lowest BCUT2D eigenvalue weighted by atomic mass is 10.1. The van der Waals surface area contributed by atoms with Crippen molar-refractivity contribution in [3.05, 3.63) is 273 Å². The van der Waals surface area contributed by atoms with Crippen LogP contribution in [0.1, 0.15) is 446 Å². The predicted octanol–water partition coefficient (Wildman–Crippen LogP) is 28.6. The van der Waals surface area contributed by atoms with Gasteiger partial charge in [-0.3, -0.25) is 19.6 Å². The Labute approximate surface area is 876 Å². The average Bonchev–Trinajstić information content (AvgIpc) is 1.98. The number of H-pyrrole nitrogens is 4. The van der Waals surface area contributed by atoms with E-state index in [1.807, 2.05) is 119 Å². The molecule has 0 amide bonds. The van der Waals surface area contributed by atoms with Crippen LogP contribution in [0.4, 0.5) is 0 Å². The summed E-state index contributed by atoms with van der Waals surface area (Å²) < 4.78 is 44.3. The molecule has 44 heteroatoms. The molecule has 18 rings (SSSR count). The van der Waals surface area contributed by atoms with E-state index in [1.165, 1.54) is 94.2 Å². The van der Waals surface area contributed by atoms with E-state index in [4.69, 9.17) is 17.8 Å². The zero-order chi connectivity index (χ0) is 108. The van der Waals surface area contributed by atoms with Gasteiger partial charge < -0.3 is 36.8 Å². The largest absolute Gasteiger partial charge is 0.451 e. The number of aromatic nitrogens is 32. The summed E-state index contributed by atoms with van der Waals surface area (Å²) in [4.78, 5) is 53.6. The molecule has 0 radical (unpaired) electrons. The van der Waals surface area contributed by atoms with E-state index < -0.39 is 0 Å². The molecule has 0 aromatic carbocycles. The molecule has 792 valence electrons. The topological polar surface area (TPSA) is 487 Å². The molecule has 38 nitrogen and oxygen atoms in total. The molecule has 0 aliphatic rings. The van der Waals surface area contributed by atoms with Gasteiger partial charge in [-0.1, -0.05) is 237 Å². The highest BCUT2D eigenvalue weighted by atomic mass is 32.1. The summed E-state index contributed by atoms with van der Waals surface area (Å²) in [5, 5.41) is 56.4. The van der Waals surface area contributed by atoms with Gasteiger partial charge in [0.05, 0.1) is 45.8 Å². The molecule has 0 unspecified atom stereocenters. The van der Waals surface area contributed by atoms with Gasteiger partial charge in [-0.05, 0) is 116 Å². The Bertz CT molecular complexity index is 4040. The highest BCUT2D eigenvalue weighted by Gasteiger charge is 2.10. The second-order valence-electron chi connectivity index (χ2n) is 36.5. The maximum Gasteiger partial charge on any atom is 0.228 e. The standard InChI is InChI=1S/4C6H10N2.3C6H9NO.3C6H9NS.2C5H9N3.3C5H8N2O.3C5H8N2S/c1-5(2)6-3-7-4-8-6;1-6(2)8-5-3-4-7-8;1-5(2)6-7-3-4-8-6;1-5(2)6-3-4-7-8-6;1-5(2)6-3-8-4-7-6;1-5(2)6-7-3-4-8-6;1-5(2)6-3-4-8-7-6;1-5(2)6-3-8-4-7-6;1-5(2)6-7-3-4-8-6;1-5(2)6-3-4-8-7-6;1-5(2)8-4-6-3-7-8;1-4(2)5-6-3-7-8-5;1-4(2)5-7-6-3-8-5;1-4(2)5-6-3-8-7-5;1-4(2)5-6-3-7-8-5;1-4(2)5-7-6-3-8-5;1-4(2)5-6-3-8-7-5;1-4(2)5-6-3-7-8-5/h3-5H,1-2H3,(H,7,8);3-6H,1-2H3;2*3-5H,1-2H3,(H,7,8);7*3-5H,1-2H3;3-4H,1-2H3,(H,6,7,8);6*3-4H,1-2H3. The maximum absolute atomic E-state index is 4.98. The van der Waals surface area contributed by atoms with E-state index in [0.29, 0.717) is 119 Å². The number of thiazole rings is 2. The molecule has 0 fully saturated rings.